The number of hydrogen-bond acceptors (Lipinski definition) is 6. The highest BCUT2D eigenvalue weighted by molar-refractivity contribution is 5.86. The quantitative estimate of drug-likeness (QED) is 0.776. The van der Waals surface area contributed by atoms with Crippen LogP contribution in [0, 0.1) is 0 Å². The predicted octanol–water partition coefficient (Wildman–Crippen LogP) is 2.90. The van der Waals surface area contributed by atoms with Crippen molar-refractivity contribution < 1.29 is 23.5 Å². The lowest BCUT2D eigenvalue weighted by Gasteiger charge is -2.37. The van der Waals surface area contributed by atoms with Gasteiger partial charge >= 0.3 is 12.1 Å². The second-order valence-corrected chi connectivity index (χ2v) is 7.36. The lowest BCUT2D eigenvalue weighted by molar-refractivity contribution is 0.0146. The van der Waals surface area contributed by atoms with Gasteiger partial charge in [-0.2, -0.15) is 0 Å². The van der Waals surface area contributed by atoms with E-state index >= 15 is 0 Å². The van der Waals surface area contributed by atoms with Gasteiger partial charge in [-0.05, 0) is 45.7 Å². The first-order chi connectivity index (χ1) is 11.7. The molecular weight excluding hydrogens is 324 g/mol. The van der Waals surface area contributed by atoms with E-state index in [-0.39, 0.29) is 17.9 Å². The first-order valence-corrected chi connectivity index (χ1v) is 8.55. The van der Waals surface area contributed by atoms with Gasteiger partial charge in [0.05, 0.1) is 13.7 Å². The molecule has 0 spiro atoms. The van der Waals surface area contributed by atoms with E-state index in [4.69, 9.17) is 9.15 Å². The monoisotopic (exact) mass is 352 g/mol. The van der Waals surface area contributed by atoms with Crippen LogP contribution in [0.15, 0.2) is 16.5 Å². The molecule has 1 aliphatic rings. The molecule has 1 aromatic heterocycles. The van der Waals surface area contributed by atoms with Crippen molar-refractivity contribution >= 4 is 12.1 Å². The Labute approximate surface area is 148 Å². The van der Waals surface area contributed by atoms with Crippen molar-refractivity contribution in [1.29, 1.82) is 0 Å². The van der Waals surface area contributed by atoms with Crippen LogP contribution in [-0.4, -0.2) is 60.8 Å². The molecular formula is C18H28N2O5. The van der Waals surface area contributed by atoms with Gasteiger partial charge in [0, 0.05) is 26.2 Å². The summed E-state index contributed by atoms with van der Waals surface area (Å²) in [5.74, 6) is 0.486. The third-order valence-corrected chi connectivity index (χ3v) is 4.21. The average Bonchev–Trinajstić information content (AvgIpc) is 3.01. The van der Waals surface area contributed by atoms with Crippen molar-refractivity contribution in [1.82, 2.24) is 9.80 Å². The first kappa shape index (κ1) is 19.3. The Balaban J connectivity index is 1.82. The van der Waals surface area contributed by atoms with E-state index < -0.39 is 11.6 Å². The zero-order valence-electron chi connectivity index (χ0n) is 15.7. The van der Waals surface area contributed by atoms with Crippen molar-refractivity contribution in [3.05, 3.63) is 23.7 Å². The summed E-state index contributed by atoms with van der Waals surface area (Å²) >= 11 is 0. The topological polar surface area (TPSA) is 72.2 Å². The van der Waals surface area contributed by atoms with Crippen molar-refractivity contribution in [2.45, 2.75) is 51.8 Å². The largest absolute Gasteiger partial charge is 0.463 e. The Morgan fingerprint density at radius 1 is 1.28 bits per heavy atom. The Morgan fingerprint density at radius 2 is 1.92 bits per heavy atom. The molecule has 1 amide bonds. The van der Waals surface area contributed by atoms with Crippen LogP contribution in [-0.2, 0) is 16.0 Å². The first-order valence-electron chi connectivity index (χ1n) is 8.55. The molecule has 0 aromatic carbocycles. The Kier molecular flexibility index (Phi) is 6.11. The Bertz CT molecular complexity index is 597. The van der Waals surface area contributed by atoms with E-state index in [1.54, 1.807) is 24.1 Å². The van der Waals surface area contributed by atoms with Crippen LogP contribution in [0.1, 0.15) is 49.9 Å². The number of piperidine rings is 1. The van der Waals surface area contributed by atoms with Crippen molar-refractivity contribution in [2.24, 2.45) is 0 Å². The zero-order valence-corrected chi connectivity index (χ0v) is 15.7. The maximum atomic E-state index is 12.2. The predicted molar refractivity (Wildman–Crippen MR) is 92.3 cm³/mol. The van der Waals surface area contributed by atoms with Gasteiger partial charge in [-0.15, -0.1) is 0 Å². The summed E-state index contributed by atoms with van der Waals surface area (Å²) in [5.41, 5.74) is -0.483. The number of hydrogen-bond donors (Lipinski definition) is 0. The standard InChI is InChI=1S/C18H28N2O5/c1-18(2,3)25-17(22)19(4)13-8-10-20(11-9-13)12-14-6-7-15(24-14)16(21)23-5/h6-7,13H,8-12H2,1-5H3. The van der Waals surface area contributed by atoms with Gasteiger partial charge in [-0.25, -0.2) is 9.59 Å². The lowest BCUT2D eigenvalue weighted by Crippen LogP contribution is -2.46. The smallest absolute Gasteiger partial charge is 0.410 e. The van der Waals surface area contributed by atoms with E-state index in [2.05, 4.69) is 9.64 Å². The average molecular weight is 352 g/mol. The maximum absolute atomic E-state index is 12.2. The minimum Gasteiger partial charge on any atom is -0.463 e. The van der Waals surface area contributed by atoms with Crippen molar-refractivity contribution in [2.75, 3.05) is 27.2 Å². The van der Waals surface area contributed by atoms with E-state index in [1.165, 1.54) is 7.11 Å². The van der Waals surface area contributed by atoms with Crippen LogP contribution >= 0.6 is 0 Å². The number of methoxy groups -OCH3 is 1. The molecule has 25 heavy (non-hydrogen) atoms. The molecule has 1 fully saturated rings. The normalized spacial score (nSPS) is 16.5. The summed E-state index contributed by atoms with van der Waals surface area (Å²) in [6.45, 7) is 7.95. The van der Waals surface area contributed by atoms with Crippen molar-refractivity contribution in [3.63, 3.8) is 0 Å². The van der Waals surface area contributed by atoms with Crippen LogP contribution in [0.3, 0.4) is 0 Å². The number of carbonyl (C=O) groups excluding carboxylic acids is 2. The molecule has 0 aliphatic carbocycles. The second-order valence-electron chi connectivity index (χ2n) is 7.36. The van der Waals surface area contributed by atoms with E-state index in [0.29, 0.717) is 6.54 Å². The number of furan rings is 1. The molecule has 2 rings (SSSR count). The molecule has 1 aliphatic heterocycles. The van der Waals surface area contributed by atoms with E-state index in [0.717, 1.165) is 31.7 Å². The summed E-state index contributed by atoms with van der Waals surface area (Å²) in [7, 11) is 3.13. The number of nitrogens with zero attached hydrogens (tertiary/aromatic N) is 2. The SMILES string of the molecule is COC(=O)c1ccc(CN2CCC(N(C)C(=O)OC(C)(C)C)CC2)o1. The minimum absolute atomic E-state index is 0.174. The molecule has 1 aromatic rings. The fourth-order valence-electron chi connectivity index (χ4n) is 2.84. The molecule has 0 radical (unpaired) electrons. The molecule has 0 bridgehead atoms. The molecule has 140 valence electrons. The number of ether oxygens (including phenoxy) is 2. The van der Waals surface area contributed by atoms with E-state index in [9.17, 15) is 9.59 Å². The molecule has 0 atom stereocenters. The zero-order chi connectivity index (χ0) is 18.6. The van der Waals surface area contributed by atoms with Gasteiger partial charge in [0.1, 0.15) is 11.4 Å². The fraction of sp³-hybridized carbons (Fsp3) is 0.667. The number of amides is 1. The van der Waals surface area contributed by atoms with Crippen molar-refractivity contribution in [3.8, 4) is 0 Å². The third kappa shape index (κ3) is 5.49. The summed E-state index contributed by atoms with van der Waals surface area (Å²) in [6.07, 6.45) is 1.47. The molecule has 2 heterocycles. The van der Waals surface area contributed by atoms with Crippen LogP contribution in [0.25, 0.3) is 0 Å². The Morgan fingerprint density at radius 3 is 2.48 bits per heavy atom. The van der Waals surface area contributed by atoms with Gasteiger partial charge in [0.25, 0.3) is 0 Å². The van der Waals surface area contributed by atoms with Crippen LogP contribution in [0.5, 0.6) is 0 Å². The molecule has 7 heteroatoms. The van der Waals surface area contributed by atoms with E-state index in [1.807, 2.05) is 20.8 Å². The molecule has 0 saturated carbocycles. The minimum atomic E-state index is -0.483. The molecule has 7 nitrogen and oxygen atoms in total. The summed E-state index contributed by atoms with van der Waals surface area (Å²) < 4.78 is 15.6. The van der Waals surface area contributed by atoms with Gasteiger partial charge < -0.3 is 18.8 Å². The highest BCUT2D eigenvalue weighted by atomic mass is 16.6. The van der Waals surface area contributed by atoms with Gasteiger partial charge in [0.2, 0.25) is 5.76 Å². The van der Waals surface area contributed by atoms with Gasteiger partial charge in [0.15, 0.2) is 0 Å². The van der Waals surface area contributed by atoms with Crippen LogP contribution in [0.2, 0.25) is 0 Å². The number of likely N-dealkylation sites (tertiary alicyclic amines) is 1. The third-order valence-electron chi connectivity index (χ3n) is 4.21. The Hall–Kier alpha value is -2.02. The summed E-state index contributed by atoms with van der Waals surface area (Å²) in [6, 6.07) is 3.60. The lowest BCUT2D eigenvalue weighted by atomic mass is 10.0. The second kappa shape index (κ2) is 7.91. The highest BCUT2D eigenvalue weighted by Gasteiger charge is 2.28. The number of rotatable bonds is 4. The molecule has 1 saturated heterocycles. The number of esters is 1. The van der Waals surface area contributed by atoms with Crippen LogP contribution < -0.4 is 0 Å². The number of carbonyl (C=O) groups is 2. The van der Waals surface area contributed by atoms with Gasteiger partial charge in [-0.3, -0.25) is 4.90 Å². The highest BCUT2D eigenvalue weighted by Crippen LogP contribution is 2.20. The van der Waals surface area contributed by atoms with Crippen LogP contribution in [0.4, 0.5) is 4.79 Å². The fourth-order valence-corrected chi connectivity index (χ4v) is 2.84. The van der Waals surface area contributed by atoms with Gasteiger partial charge in [-0.1, -0.05) is 0 Å². The maximum Gasteiger partial charge on any atom is 0.410 e. The summed E-state index contributed by atoms with van der Waals surface area (Å²) in [4.78, 5) is 27.5. The molecule has 0 unspecified atom stereocenters. The summed E-state index contributed by atoms with van der Waals surface area (Å²) in [5, 5.41) is 0. The molecule has 0 N–H and O–H groups in total.